The highest BCUT2D eigenvalue weighted by Gasteiger charge is 2.22. The van der Waals surface area contributed by atoms with Crippen molar-refractivity contribution in [1.29, 1.82) is 0 Å². The van der Waals surface area contributed by atoms with Crippen LogP contribution in [0.25, 0.3) is 0 Å². The number of hydrogen-bond donors (Lipinski definition) is 2. The van der Waals surface area contributed by atoms with Gasteiger partial charge in [-0.15, -0.1) is 0 Å². The van der Waals surface area contributed by atoms with Crippen molar-refractivity contribution in [3.05, 3.63) is 0 Å². The van der Waals surface area contributed by atoms with Crippen molar-refractivity contribution in [3.8, 4) is 0 Å². The maximum atomic E-state index is 11.2. The van der Waals surface area contributed by atoms with Crippen molar-refractivity contribution in [3.63, 3.8) is 0 Å². The highest BCUT2D eigenvalue weighted by molar-refractivity contribution is 5.67. The molecule has 5 heteroatoms. The molecule has 0 aliphatic heterocycles. The lowest BCUT2D eigenvalue weighted by Gasteiger charge is -2.26. The molecule has 1 unspecified atom stereocenters. The highest BCUT2D eigenvalue weighted by atomic mass is 16.5. The zero-order valence-corrected chi connectivity index (χ0v) is 10.9. The van der Waals surface area contributed by atoms with E-state index in [0.717, 1.165) is 0 Å². The zero-order valence-electron chi connectivity index (χ0n) is 10.9. The first-order chi connectivity index (χ1) is 7.23. The number of alkyl carbamates (subject to hydrolysis) is 1. The van der Waals surface area contributed by atoms with Crippen molar-refractivity contribution in [2.45, 2.75) is 26.4 Å². The highest BCUT2D eigenvalue weighted by Crippen LogP contribution is 2.02. The molecule has 0 radical (unpaired) electrons. The monoisotopic (exact) mass is 232 g/mol. The maximum absolute atomic E-state index is 11.2. The number of ether oxygens (including phenoxy) is 1. The van der Waals surface area contributed by atoms with Crippen molar-refractivity contribution in [2.24, 2.45) is 5.92 Å². The number of nitrogens with one attached hydrogen (secondary N) is 1. The number of rotatable bonds is 6. The predicted molar refractivity (Wildman–Crippen MR) is 63.4 cm³/mol. The normalized spacial score (nSPS) is 15.0. The van der Waals surface area contributed by atoms with E-state index in [1.807, 2.05) is 32.8 Å². The molecule has 0 aliphatic rings. The molecule has 0 saturated carbocycles. The minimum absolute atomic E-state index is 0.183. The van der Waals surface area contributed by atoms with E-state index in [-0.39, 0.29) is 6.54 Å². The molecular weight excluding hydrogens is 208 g/mol. The van der Waals surface area contributed by atoms with Crippen LogP contribution < -0.4 is 5.32 Å². The molecule has 0 fully saturated rings. The van der Waals surface area contributed by atoms with Crippen LogP contribution >= 0.6 is 0 Å². The molecular formula is C11H24N2O3. The first-order valence-corrected chi connectivity index (χ1v) is 5.50. The molecule has 0 aromatic heterocycles. The Kier molecular flexibility index (Phi) is 6.36. The Balaban J connectivity index is 3.81. The number of carbonyl (C=O) groups excluding carboxylic acids is 1. The first-order valence-electron chi connectivity index (χ1n) is 5.50. The van der Waals surface area contributed by atoms with Crippen LogP contribution in [-0.4, -0.2) is 55.5 Å². The van der Waals surface area contributed by atoms with E-state index < -0.39 is 11.7 Å². The van der Waals surface area contributed by atoms with Crippen LogP contribution in [0.5, 0.6) is 0 Å². The van der Waals surface area contributed by atoms with Crippen molar-refractivity contribution in [2.75, 3.05) is 33.8 Å². The Morgan fingerprint density at radius 2 is 2.06 bits per heavy atom. The van der Waals surface area contributed by atoms with Gasteiger partial charge in [0.05, 0.1) is 18.8 Å². The van der Waals surface area contributed by atoms with Gasteiger partial charge in [-0.25, -0.2) is 4.79 Å². The average molecular weight is 232 g/mol. The summed E-state index contributed by atoms with van der Waals surface area (Å²) >= 11 is 0. The predicted octanol–water partition coefficient (Wildman–Crippen LogP) is 0.681. The molecule has 5 nitrogen and oxygen atoms in total. The molecule has 0 aromatic carbocycles. The third kappa shape index (κ3) is 8.49. The fraction of sp³-hybridized carbons (Fsp3) is 0.909. The Labute approximate surface area is 97.8 Å². The second kappa shape index (κ2) is 6.70. The van der Waals surface area contributed by atoms with Crippen LogP contribution in [0.2, 0.25) is 0 Å². The second-order valence-corrected chi connectivity index (χ2v) is 5.08. The molecule has 16 heavy (non-hydrogen) atoms. The maximum Gasteiger partial charge on any atom is 0.407 e. The minimum Gasteiger partial charge on any atom is -0.449 e. The summed E-state index contributed by atoms with van der Waals surface area (Å²) in [5, 5.41) is 12.4. The Hall–Kier alpha value is -0.810. The van der Waals surface area contributed by atoms with Crippen LogP contribution in [0.4, 0.5) is 4.79 Å². The van der Waals surface area contributed by atoms with E-state index in [9.17, 15) is 9.90 Å². The lowest BCUT2D eigenvalue weighted by Crippen LogP contribution is -2.47. The van der Waals surface area contributed by atoms with Crippen LogP contribution in [0.15, 0.2) is 0 Å². The molecule has 0 spiro atoms. The van der Waals surface area contributed by atoms with Gasteiger partial charge in [0.1, 0.15) is 0 Å². The molecule has 1 amide bonds. The van der Waals surface area contributed by atoms with Gasteiger partial charge in [-0.2, -0.15) is 0 Å². The fourth-order valence-electron chi connectivity index (χ4n) is 1.29. The third-order valence-electron chi connectivity index (χ3n) is 1.82. The number of carbonyl (C=O) groups is 1. The standard InChI is InChI=1S/C11H24N2O3/c1-9(2)6-16-10(14)12-7-11(3,15)8-13(4)5/h9,15H,6-8H2,1-5H3,(H,12,14). The van der Waals surface area contributed by atoms with Gasteiger partial charge in [-0.3, -0.25) is 0 Å². The van der Waals surface area contributed by atoms with Gasteiger partial charge in [-0.05, 0) is 26.9 Å². The fourth-order valence-corrected chi connectivity index (χ4v) is 1.29. The topological polar surface area (TPSA) is 61.8 Å². The summed E-state index contributed by atoms with van der Waals surface area (Å²) in [6.45, 7) is 6.67. The van der Waals surface area contributed by atoms with E-state index in [0.29, 0.717) is 19.1 Å². The van der Waals surface area contributed by atoms with Crippen molar-refractivity contribution in [1.82, 2.24) is 10.2 Å². The Morgan fingerprint density at radius 3 is 2.50 bits per heavy atom. The summed E-state index contributed by atoms with van der Waals surface area (Å²) in [7, 11) is 3.73. The second-order valence-electron chi connectivity index (χ2n) is 5.08. The van der Waals surface area contributed by atoms with Crippen LogP contribution in [0.1, 0.15) is 20.8 Å². The summed E-state index contributed by atoms with van der Waals surface area (Å²) in [4.78, 5) is 13.1. The van der Waals surface area contributed by atoms with Crippen molar-refractivity contribution >= 4 is 6.09 Å². The zero-order chi connectivity index (χ0) is 12.8. The smallest absolute Gasteiger partial charge is 0.407 e. The summed E-state index contributed by atoms with van der Waals surface area (Å²) in [5.74, 6) is 0.313. The average Bonchev–Trinajstić information content (AvgIpc) is 2.09. The quantitative estimate of drug-likeness (QED) is 0.707. The number of amides is 1. The van der Waals surface area contributed by atoms with Gasteiger partial charge >= 0.3 is 6.09 Å². The van der Waals surface area contributed by atoms with Crippen molar-refractivity contribution < 1.29 is 14.6 Å². The summed E-state index contributed by atoms with van der Waals surface area (Å²) in [6, 6.07) is 0. The minimum atomic E-state index is -0.944. The van der Waals surface area contributed by atoms with E-state index >= 15 is 0 Å². The molecule has 2 N–H and O–H groups in total. The molecule has 0 bridgehead atoms. The summed E-state index contributed by atoms with van der Waals surface area (Å²) < 4.78 is 4.93. The summed E-state index contributed by atoms with van der Waals surface area (Å²) in [5.41, 5.74) is -0.944. The number of hydrogen-bond acceptors (Lipinski definition) is 4. The molecule has 0 aromatic rings. The number of aliphatic hydroxyl groups is 1. The number of nitrogens with zero attached hydrogens (tertiary/aromatic N) is 1. The van der Waals surface area contributed by atoms with Gasteiger partial charge in [0.2, 0.25) is 0 Å². The molecule has 1 atom stereocenters. The molecule has 0 saturated heterocycles. The van der Waals surface area contributed by atoms with E-state index in [4.69, 9.17) is 4.74 Å². The van der Waals surface area contributed by atoms with E-state index in [1.54, 1.807) is 6.92 Å². The first kappa shape index (κ1) is 15.2. The Morgan fingerprint density at radius 1 is 1.50 bits per heavy atom. The summed E-state index contributed by atoms with van der Waals surface area (Å²) in [6.07, 6.45) is -0.479. The van der Waals surface area contributed by atoms with Crippen LogP contribution in [-0.2, 0) is 4.74 Å². The Bertz CT molecular complexity index is 215. The van der Waals surface area contributed by atoms with Gasteiger partial charge in [-0.1, -0.05) is 13.8 Å². The third-order valence-corrected chi connectivity index (χ3v) is 1.82. The lowest BCUT2D eigenvalue weighted by molar-refractivity contribution is 0.0317. The lowest BCUT2D eigenvalue weighted by atomic mass is 10.1. The molecule has 0 heterocycles. The van der Waals surface area contributed by atoms with Crippen LogP contribution in [0, 0.1) is 5.92 Å². The molecule has 96 valence electrons. The van der Waals surface area contributed by atoms with Gasteiger partial charge < -0.3 is 20.1 Å². The SMILES string of the molecule is CC(C)COC(=O)NCC(C)(O)CN(C)C. The van der Waals surface area contributed by atoms with Gasteiger partial charge in [0.15, 0.2) is 0 Å². The van der Waals surface area contributed by atoms with Gasteiger partial charge in [0, 0.05) is 6.54 Å². The van der Waals surface area contributed by atoms with Crippen LogP contribution in [0.3, 0.4) is 0 Å². The van der Waals surface area contributed by atoms with E-state index in [2.05, 4.69) is 5.32 Å². The largest absolute Gasteiger partial charge is 0.449 e. The molecule has 0 aliphatic carbocycles. The van der Waals surface area contributed by atoms with E-state index in [1.165, 1.54) is 0 Å². The van der Waals surface area contributed by atoms with Gasteiger partial charge in [0.25, 0.3) is 0 Å². The molecule has 0 rings (SSSR count). The number of likely N-dealkylation sites (N-methyl/N-ethyl adjacent to an activating group) is 1.